The van der Waals surface area contributed by atoms with E-state index in [-0.39, 0.29) is 12.1 Å². The summed E-state index contributed by atoms with van der Waals surface area (Å²) >= 11 is 0. The van der Waals surface area contributed by atoms with E-state index in [1.165, 1.54) is 10.7 Å². The Balaban J connectivity index is 2.19. The molecule has 10 heteroatoms. The molecule has 0 saturated heterocycles. The van der Waals surface area contributed by atoms with Crippen molar-refractivity contribution >= 4 is 17.7 Å². The lowest BCUT2D eigenvalue weighted by Gasteiger charge is -2.22. The summed E-state index contributed by atoms with van der Waals surface area (Å²) in [4.78, 5) is 28.2. The zero-order chi connectivity index (χ0) is 20.0. The van der Waals surface area contributed by atoms with Gasteiger partial charge in [-0.15, -0.1) is 0 Å². The van der Waals surface area contributed by atoms with Gasteiger partial charge in [0.2, 0.25) is 0 Å². The van der Waals surface area contributed by atoms with Gasteiger partial charge in [-0.1, -0.05) is 0 Å². The summed E-state index contributed by atoms with van der Waals surface area (Å²) in [5.74, 6) is -0.785. The van der Waals surface area contributed by atoms with Crippen LogP contribution in [0, 0.1) is 22.7 Å². The molecule has 27 heavy (non-hydrogen) atoms. The monoisotopic (exact) mass is 370 g/mol. The average molecular weight is 370 g/mol. The van der Waals surface area contributed by atoms with Crippen molar-refractivity contribution in [3.05, 3.63) is 29.7 Å². The maximum atomic E-state index is 12.2. The molecule has 2 aromatic heterocycles. The van der Waals surface area contributed by atoms with Crippen LogP contribution in [-0.4, -0.2) is 44.9 Å². The molecule has 140 valence electrons. The van der Waals surface area contributed by atoms with Gasteiger partial charge in [-0.2, -0.15) is 15.6 Å². The Morgan fingerprint density at radius 2 is 2.07 bits per heavy atom. The van der Waals surface area contributed by atoms with Gasteiger partial charge in [0, 0.05) is 6.42 Å². The Bertz CT molecular complexity index is 932. The van der Waals surface area contributed by atoms with Gasteiger partial charge in [0.25, 0.3) is 0 Å². The largest absolute Gasteiger partial charge is 0.449 e. The van der Waals surface area contributed by atoms with Crippen molar-refractivity contribution < 1.29 is 19.1 Å². The van der Waals surface area contributed by atoms with Crippen molar-refractivity contribution in [3.63, 3.8) is 0 Å². The van der Waals surface area contributed by atoms with E-state index in [4.69, 9.17) is 20.0 Å². The highest BCUT2D eigenvalue weighted by Gasteiger charge is 2.26. The van der Waals surface area contributed by atoms with Gasteiger partial charge in [-0.05, 0) is 32.9 Å². The first kappa shape index (κ1) is 19.7. The Morgan fingerprint density at radius 3 is 2.70 bits per heavy atom. The Kier molecular flexibility index (Phi) is 5.93. The van der Waals surface area contributed by atoms with Gasteiger partial charge in [0.1, 0.15) is 23.8 Å². The number of aromatic nitrogens is 3. The predicted molar refractivity (Wildman–Crippen MR) is 91.1 cm³/mol. The highest BCUT2D eigenvalue weighted by molar-refractivity contribution is 5.81. The molecule has 0 aliphatic rings. The second-order valence-corrected chi connectivity index (χ2v) is 6.53. The molecular weight excluding hydrogens is 352 g/mol. The summed E-state index contributed by atoms with van der Waals surface area (Å²) in [5, 5.41) is 24.2. The summed E-state index contributed by atoms with van der Waals surface area (Å²) in [5.41, 5.74) is 0.377. The van der Waals surface area contributed by atoms with Crippen LogP contribution >= 0.6 is 0 Å². The number of alkyl carbamates (subject to hydrolysis) is 1. The van der Waals surface area contributed by atoms with Crippen LogP contribution in [0.1, 0.15) is 32.2 Å². The summed E-state index contributed by atoms with van der Waals surface area (Å²) in [6.07, 6.45) is 0.653. The highest BCUT2D eigenvalue weighted by Crippen LogP contribution is 2.10. The molecule has 0 fully saturated rings. The number of amides is 1. The molecule has 0 radical (unpaired) electrons. The molecule has 1 N–H and O–H groups in total. The number of fused-ring (bicyclic) bond motifs is 1. The number of nitrogens with one attached hydrogen (secondary N) is 1. The fourth-order valence-corrected chi connectivity index (χ4v) is 2.14. The molecule has 1 atom stereocenters. The number of hydrogen-bond donors (Lipinski definition) is 1. The van der Waals surface area contributed by atoms with E-state index < -0.39 is 30.3 Å². The summed E-state index contributed by atoms with van der Waals surface area (Å²) in [6.45, 7) is 4.63. The number of ether oxygens (including phenoxy) is 2. The molecule has 0 aliphatic carbocycles. The third-order valence-electron chi connectivity index (χ3n) is 3.16. The predicted octanol–water partition coefficient (Wildman–Crippen LogP) is 1.10. The first-order valence-corrected chi connectivity index (χ1v) is 8.00. The van der Waals surface area contributed by atoms with Crippen LogP contribution in [0.2, 0.25) is 0 Å². The number of nitrogens with zero attached hydrogens (tertiary/aromatic N) is 5. The number of hydrogen-bond acceptors (Lipinski definition) is 8. The average Bonchev–Trinajstić information content (AvgIpc) is 2.99. The smallest absolute Gasteiger partial charge is 0.408 e. The van der Waals surface area contributed by atoms with Gasteiger partial charge >= 0.3 is 12.1 Å². The lowest BCUT2D eigenvalue weighted by atomic mass is 10.1. The molecule has 2 rings (SSSR count). The highest BCUT2D eigenvalue weighted by atomic mass is 16.6. The lowest BCUT2D eigenvalue weighted by molar-refractivity contribution is -0.144. The number of carbonyl (C=O) groups is 2. The van der Waals surface area contributed by atoms with Crippen LogP contribution < -0.4 is 5.32 Å². The molecule has 0 aromatic carbocycles. The van der Waals surface area contributed by atoms with Crippen LogP contribution in [0.25, 0.3) is 5.65 Å². The number of esters is 1. The van der Waals surface area contributed by atoms with E-state index >= 15 is 0 Å². The normalized spacial score (nSPS) is 11.9. The van der Waals surface area contributed by atoms with Gasteiger partial charge in [0.15, 0.2) is 17.9 Å². The molecular formula is C17H18N6O4. The first-order chi connectivity index (χ1) is 12.7. The lowest BCUT2D eigenvalue weighted by Crippen LogP contribution is -2.45. The Hall–Kier alpha value is -3.66. The summed E-state index contributed by atoms with van der Waals surface area (Å²) in [6, 6.07) is 5.76. The molecule has 0 spiro atoms. The fraction of sp³-hybridized carbons (Fsp3) is 0.412. The van der Waals surface area contributed by atoms with E-state index in [1.807, 2.05) is 6.07 Å². The van der Waals surface area contributed by atoms with E-state index in [1.54, 1.807) is 39.0 Å². The zero-order valence-corrected chi connectivity index (χ0v) is 15.1. The number of imidazole rings is 1. The maximum Gasteiger partial charge on any atom is 0.408 e. The van der Waals surface area contributed by atoms with Crippen molar-refractivity contribution in [2.75, 3.05) is 6.61 Å². The van der Waals surface area contributed by atoms with Gasteiger partial charge in [-0.3, -0.25) is 0 Å². The van der Waals surface area contributed by atoms with Gasteiger partial charge in [-0.25, -0.2) is 19.1 Å². The van der Waals surface area contributed by atoms with Crippen LogP contribution in [-0.2, 0) is 20.7 Å². The van der Waals surface area contributed by atoms with Crippen molar-refractivity contribution in [2.45, 2.75) is 38.8 Å². The van der Waals surface area contributed by atoms with E-state index in [0.29, 0.717) is 11.3 Å². The SMILES string of the molecule is CC(C)(C)OC(=O)N[C@@H](Cc1ccc2nc(C#N)cn2n1)C(=O)OCC#N. The Labute approximate surface area is 155 Å². The molecule has 0 aliphatic heterocycles. The van der Waals surface area contributed by atoms with Crippen molar-refractivity contribution in [2.24, 2.45) is 0 Å². The van der Waals surface area contributed by atoms with Crippen molar-refractivity contribution in [1.29, 1.82) is 10.5 Å². The molecule has 1 amide bonds. The topological polar surface area (TPSA) is 142 Å². The minimum atomic E-state index is -1.10. The van der Waals surface area contributed by atoms with Crippen LogP contribution in [0.3, 0.4) is 0 Å². The molecule has 0 saturated carbocycles. The fourth-order valence-electron chi connectivity index (χ4n) is 2.14. The van der Waals surface area contributed by atoms with Gasteiger partial charge in [0.05, 0.1) is 11.9 Å². The minimum absolute atomic E-state index is 0.000484. The minimum Gasteiger partial charge on any atom is -0.449 e. The van der Waals surface area contributed by atoms with E-state index in [0.717, 1.165) is 0 Å². The van der Waals surface area contributed by atoms with Crippen molar-refractivity contribution in [1.82, 2.24) is 19.9 Å². The molecule has 2 aromatic rings. The maximum absolute atomic E-state index is 12.2. The van der Waals surface area contributed by atoms with E-state index in [9.17, 15) is 9.59 Å². The second-order valence-electron chi connectivity index (χ2n) is 6.53. The molecule has 2 heterocycles. The van der Waals surface area contributed by atoms with Crippen LogP contribution in [0.4, 0.5) is 4.79 Å². The summed E-state index contributed by atoms with van der Waals surface area (Å²) < 4.78 is 11.4. The zero-order valence-electron chi connectivity index (χ0n) is 15.1. The first-order valence-electron chi connectivity index (χ1n) is 8.00. The number of rotatable bonds is 5. The van der Waals surface area contributed by atoms with Crippen LogP contribution in [0.15, 0.2) is 18.3 Å². The molecule has 0 bridgehead atoms. The number of nitriles is 2. The molecule has 10 nitrogen and oxygen atoms in total. The van der Waals surface area contributed by atoms with Crippen LogP contribution in [0.5, 0.6) is 0 Å². The Morgan fingerprint density at radius 1 is 1.33 bits per heavy atom. The van der Waals surface area contributed by atoms with E-state index in [2.05, 4.69) is 15.4 Å². The van der Waals surface area contributed by atoms with Gasteiger partial charge < -0.3 is 14.8 Å². The van der Waals surface area contributed by atoms with Crippen molar-refractivity contribution in [3.8, 4) is 12.1 Å². The second kappa shape index (κ2) is 8.15. The summed E-state index contributed by atoms with van der Waals surface area (Å²) in [7, 11) is 0. The quantitative estimate of drug-likeness (QED) is 0.771. The third-order valence-corrected chi connectivity index (χ3v) is 3.16. The number of carbonyl (C=O) groups excluding carboxylic acids is 2. The molecule has 0 unspecified atom stereocenters. The third kappa shape index (κ3) is 5.68. The standard InChI is InChI=1S/C17H18N6O4/c1-17(2,3)27-16(25)21-13(15(24)26-7-6-18)8-11-4-5-14-20-12(9-19)10-23(14)22-11/h4-5,10,13H,7-8H2,1-3H3,(H,21,25)/t13-/m0/s1.